The van der Waals surface area contributed by atoms with E-state index in [1.807, 2.05) is 11.9 Å². The fourth-order valence-electron chi connectivity index (χ4n) is 1.97. The van der Waals surface area contributed by atoms with E-state index in [9.17, 15) is 8.42 Å². The average molecular weight is 316 g/mol. The molecule has 1 aromatic carbocycles. The Morgan fingerprint density at radius 3 is 2.75 bits per heavy atom. The number of benzene rings is 1. The molecule has 0 unspecified atom stereocenters. The van der Waals surface area contributed by atoms with Gasteiger partial charge in [-0.2, -0.15) is 0 Å². The van der Waals surface area contributed by atoms with Gasteiger partial charge in [0.15, 0.2) is 15.8 Å². The van der Waals surface area contributed by atoms with Gasteiger partial charge in [-0.1, -0.05) is 18.5 Å². The van der Waals surface area contributed by atoms with Gasteiger partial charge in [-0.3, -0.25) is 4.99 Å². The molecule has 0 amide bonds. The lowest BCUT2D eigenvalue weighted by Crippen LogP contribution is -2.35. The Morgan fingerprint density at radius 2 is 2.15 bits per heavy atom. The summed E-state index contributed by atoms with van der Waals surface area (Å²) in [7, 11) is -1.28. The summed E-state index contributed by atoms with van der Waals surface area (Å²) in [6.07, 6.45) is 0. The fourth-order valence-corrected chi connectivity index (χ4v) is 3.27. The third kappa shape index (κ3) is 3.43. The van der Waals surface area contributed by atoms with E-state index in [0.717, 1.165) is 24.6 Å². The minimum Gasteiger partial charge on any atom is -0.352 e. The van der Waals surface area contributed by atoms with Crippen LogP contribution in [0.5, 0.6) is 0 Å². The van der Waals surface area contributed by atoms with Crippen LogP contribution in [0.1, 0.15) is 12.5 Å². The van der Waals surface area contributed by atoms with Gasteiger partial charge in [-0.25, -0.2) is 8.42 Å². The van der Waals surface area contributed by atoms with Crippen LogP contribution in [-0.4, -0.2) is 45.2 Å². The smallest absolute Gasteiger partial charge is 0.194 e. The van der Waals surface area contributed by atoms with Crippen LogP contribution in [0, 0.1) is 0 Å². The Balaban J connectivity index is 2.16. The molecule has 1 aromatic rings. The maximum absolute atomic E-state index is 11.9. The van der Waals surface area contributed by atoms with Gasteiger partial charge in [0.2, 0.25) is 0 Å². The molecule has 0 fully saturated rings. The molecular formula is C13H18ClN3O2S. The van der Waals surface area contributed by atoms with Gasteiger partial charge >= 0.3 is 0 Å². The molecule has 0 atom stereocenters. The molecular weight excluding hydrogens is 298 g/mol. The Kier molecular flexibility index (Phi) is 4.55. The van der Waals surface area contributed by atoms with Crippen LogP contribution in [0.2, 0.25) is 5.02 Å². The molecule has 1 aliphatic rings. The highest BCUT2D eigenvalue weighted by molar-refractivity contribution is 7.91. The molecule has 5 nitrogen and oxygen atoms in total. The molecule has 1 heterocycles. The van der Waals surface area contributed by atoms with Crippen LogP contribution in [0.4, 0.5) is 0 Å². The molecule has 0 radical (unpaired) electrons. The minimum absolute atomic E-state index is 0.0651. The number of hydrogen-bond donors (Lipinski definition) is 1. The summed E-state index contributed by atoms with van der Waals surface area (Å²) in [6.45, 7) is 3.80. The number of rotatable bonds is 4. The van der Waals surface area contributed by atoms with Crippen LogP contribution in [0.25, 0.3) is 0 Å². The van der Waals surface area contributed by atoms with Gasteiger partial charge in [0.05, 0.1) is 17.2 Å². The second-order valence-corrected chi connectivity index (χ2v) is 7.39. The van der Waals surface area contributed by atoms with Crippen molar-refractivity contribution >= 4 is 27.4 Å². The minimum atomic E-state index is -3.24. The third-order valence-corrected chi connectivity index (χ3v) is 5.11. The van der Waals surface area contributed by atoms with Gasteiger partial charge in [0, 0.05) is 25.2 Å². The molecule has 0 saturated carbocycles. The van der Waals surface area contributed by atoms with Crippen molar-refractivity contribution in [2.75, 3.05) is 25.9 Å². The van der Waals surface area contributed by atoms with E-state index >= 15 is 0 Å². The predicted octanol–water partition coefficient (Wildman–Crippen LogP) is 1.52. The van der Waals surface area contributed by atoms with Crippen molar-refractivity contribution in [3.8, 4) is 0 Å². The molecule has 0 aromatic heterocycles. The maximum atomic E-state index is 11.9. The van der Waals surface area contributed by atoms with Gasteiger partial charge in [-0.05, 0) is 23.8 Å². The first-order chi connectivity index (χ1) is 9.42. The maximum Gasteiger partial charge on any atom is 0.194 e. The van der Waals surface area contributed by atoms with Crippen molar-refractivity contribution in [2.45, 2.75) is 18.4 Å². The van der Waals surface area contributed by atoms with Crippen molar-refractivity contribution in [1.29, 1.82) is 0 Å². The summed E-state index contributed by atoms with van der Waals surface area (Å²) in [4.78, 5) is 6.61. The summed E-state index contributed by atoms with van der Waals surface area (Å²) >= 11 is 6.00. The van der Waals surface area contributed by atoms with Crippen LogP contribution in [0.3, 0.4) is 0 Å². The van der Waals surface area contributed by atoms with Crippen LogP contribution >= 0.6 is 11.6 Å². The molecule has 0 bridgehead atoms. The Morgan fingerprint density at radius 1 is 1.40 bits per heavy atom. The number of guanidine groups is 1. The monoisotopic (exact) mass is 315 g/mol. The van der Waals surface area contributed by atoms with Crippen molar-refractivity contribution in [1.82, 2.24) is 10.2 Å². The lowest BCUT2D eigenvalue weighted by atomic mass is 10.2. The molecule has 1 aliphatic heterocycles. The van der Waals surface area contributed by atoms with E-state index in [-0.39, 0.29) is 10.6 Å². The Hall–Kier alpha value is -1.27. The number of aliphatic imine (C=N–C) groups is 1. The van der Waals surface area contributed by atoms with Crippen molar-refractivity contribution in [2.24, 2.45) is 4.99 Å². The number of nitrogens with one attached hydrogen (secondary N) is 1. The number of nitrogens with zero attached hydrogens (tertiary/aromatic N) is 2. The Labute approximate surface area is 124 Å². The summed E-state index contributed by atoms with van der Waals surface area (Å²) in [5, 5.41) is 3.62. The summed E-state index contributed by atoms with van der Waals surface area (Å²) in [5.41, 5.74) is 0.826. The number of likely N-dealkylation sites (N-methyl/N-ethyl adjacent to an activating group) is 1. The second-order valence-electron chi connectivity index (χ2n) is 4.68. The number of sulfone groups is 1. The zero-order valence-electron chi connectivity index (χ0n) is 11.6. The SMILES string of the molecule is CCS(=O)(=O)c1cc(Cl)cc(CNC2=NCCN2C)c1. The lowest BCUT2D eigenvalue weighted by molar-refractivity contribution is 0.534. The van der Waals surface area contributed by atoms with E-state index in [1.54, 1.807) is 19.1 Å². The molecule has 2 rings (SSSR count). The van der Waals surface area contributed by atoms with Crippen molar-refractivity contribution < 1.29 is 8.42 Å². The van der Waals surface area contributed by atoms with Crippen LogP contribution < -0.4 is 5.32 Å². The van der Waals surface area contributed by atoms with Crippen molar-refractivity contribution in [3.63, 3.8) is 0 Å². The van der Waals surface area contributed by atoms with Gasteiger partial charge in [-0.15, -0.1) is 0 Å². The van der Waals surface area contributed by atoms with E-state index in [4.69, 9.17) is 11.6 Å². The number of halogens is 1. The standard InChI is InChI=1S/C13H18ClN3O2S/c1-3-20(18,19)12-7-10(6-11(14)8-12)9-16-13-15-4-5-17(13)2/h6-8H,3-5,9H2,1-2H3,(H,15,16). The van der Waals surface area contributed by atoms with Crippen molar-refractivity contribution in [3.05, 3.63) is 28.8 Å². The second kappa shape index (κ2) is 6.01. The summed E-state index contributed by atoms with van der Waals surface area (Å²) < 4.78 is 23.8. The van der Waals surface area contributed by atoms with Gasteiger partial charge in [0.25, 0.3) is 0 Å². The normalized spacial score (nSPS) is 15.3. The lowest BCUT2D eigenvalue weighted by Gasteiger charge is -2.15. The summed E-state index contributed by atoms with van der Waals surface area (Å²) in [6, 6.07) is 4.91. The van der Waals surface area contributed by atoms with Crippen LogP contribution in [-0.2, 0) is 16.4 Å². The fraction of sp³-hybridized carbons (Fsp3) is 0.462. The zero-order chi connectivity index (χ0) is 14.8. The number of hydrogen-bond acceptors (Lipinski definition) is 5. The molecule has 0 saturated heterocycles. The first-order valence-electron chi connectivity index (χ1n) is 6.44. The highest BCUT2D eigenvalue weighted by Crippen LogP contribution is 2.20. The molecule has 20 heavy (non-hydrogen) atoms. The molecule has 0 aliphatic carbocycles. The van der Waals surface area contributed by atoms with Gasteiger partial charge < -0.3 is 10.2 Å². The highest BCUT2D eigenvalue weighted by atomic mass is 35.5. The van der Waals surface area contributed by atoms with Crippen LogP contribution in [0.15, 0.2) is 28.1 Å². The molecule has 7 heteroatoms. The molecule has 1 N–H and O–H groups in total. The first-order valence-corrected chi connectivity index (χ1v) is 8.47. The molecule has 110 valence electrons. The topological polar surface area (TPSA) is 61.8 Å². The Bertz CT molecular complexity index is 629. The molecule has 0 spiro atoms. The third-order valence-electron chi connectivity index (χ3n) is 3.18. The zero-order valence-corrected chi connectivity index (χ0v) is 13.1. The largest absolute Gasteiger partial charge is 0.352 e. The predicted molar refractivity (Wildman–Crippen MR) is 81.0 cm³/mol. The first kappa shape index (κ1) is 15.1. The van der Waals surface area contributed by atoms with E-state index in [2.05, 4.69) is 10.3 Å². The quantitative estimate of drug-likeness (QED) is 0.915. The highest BCUT2D eigenvalue weighted by Gasteiger charge is 2.15. The average Bonchev–Trinajstić information content (AvgIpc) is 2.81. The van der Waals surface area contributed by atoms with Gasteiger partial charge in [0.1, 0.15) is 0 Å². The van der Waals surface area contributed by atoms with E-state index in [1.165, 1.54) is 6.07 Å². The van der Waals surface area contributed by atoms with E-state index < -0.39 is 9.84 Å². The van der Waals surface area contributed by atoms with E-state index in [0.29, 0.717) is 11.6 Å². The summed E-state index contributed by atoms with van der Waals surface area (Å²) in [5.74, 6) is 0.889.